The molecule has 2 aromatic heterocycles. The highest BCUT2D eigenvalue weighted by Crippen LogP contribution is 2.13. The molecule has 0 aliphatic rings. The molecule has 5 nitrogen and oxygen atoms in total. The first-order valence-corrected chi connectivity index (χ1v) is 5.22. The fourth-order valence-electron chi connectivity index (χ4n) is 1.29. The second-order valence-corrected chi connectivity index (χ2v) is 3.69. The lowest BCUT2D eigenvalue weighted by Gasteiger charge is -2.15. The van der Waals surface area contributed by atoms with E-state index in [4.69, 9.17) is 11.6 Å². The predicted molar refractivity (Wildman–Crippen MR) is 64.0 cm³/mol. The molecule has 0 saturated heterocycles. The van der Waals surface area contributed by atoms with E-state index in [1.165, 1.54) is 17.3 Å². The number of halogens is 1. The summed E-state index contributed by atoms with van der Waals surface area (Å²) in [5.74, 6) is -0.284. The molecule has 0 N–H and O–H groups in total. The number of carbonyl (C=O) groups is 1. The first-order chi connectivity index (χ1) is 8.18. The summed E-state index contributed by atoms with van der Waals surface area (Å²) in [5.41, 5.74) is 0.878. The van der Waals surface area contributed by atoms with Crippen LogP contribution in [-0.2, 0) is 0 Å². The Morgan fingerprint density at radius 1 is 1.29 bits per heavy atom. The van der Waals surface area contributed by atoms with Crippen molar-refractivity contribution in [3.05, 3.63) is 47.8 Å². The Morgan fingerprint density at radius 2 is 2.12 bits per heavy atom. The Hall–Kier alpha value is -2.01. The zero-order chi connectivity index (χ0) is 12.3. The molecular formula is C11H9ClN4O. The van der Waals surface area contributed by atoms with Crippen LogP contribution in [0.4, 0.5) is 5.69 Å². The number of hydrogen-bond acceptors (Lipinski definition) is 4. The Labute approximate surface area is 103 Å². The molecule has 2 heterocycles. The van der Waals surface area contributed by atoms with Crippen LogP contribution >= 0.6 is 11.6 Å². The maximum absolute atomic E-state index is 12.0. The van der Waals surface area contributed by atoms with Crippen LogP contribution in [0.25, 0.3) is 0 Å². The summed E-state index contributed by atoms with van der Waals surface area (Å²) in [6.45, 7) is 0. The van der Waals surface area contributed by atoms with Crippen molar-refractivity contribution in [1.82, 2.24) is 15.0 Å². The van der Waals surface area contributed by atoms with Crippen LogP contribution in [-0.4, -0.2) is 27.9 Å². The van der Waals surface area contributed by atoms with Crippen LogP contribution < -0.4 is 4.90 Å². The largest absolute Gasteiger partial charge is 0.309 e. The van der Waals surface area contributed by atoms with E-state index in [9.17, 15) is 4.79 Å². The van der Waals surface area contributed by atoms with Gasteiger partial charge in [-0.15, -0.1) is 0 Å². The van der Waals surface area contributed by atoms with Gasteiger partial charge in [0.1, 0.15) is 10.8 Å². The van der Waals surface area contributed by atoms with Crippen molar-refractivity contribution in [2.45, 2.75) is 0 Å². The monoisotopic (exact) mass is 248 g/mol. The second-order valence-electron chi connectivity index (χ2n) is 3.30. The molecule has 17 heavy (non-hydrogen) atoms. The first-order valence-electron chi connectivity index (χ1n) is 4.84. The quantitative estimate of drug-likeness (QED) is 0.813. The van der Waals surface area contributed by atoms with Crippen LogP contribution in [0.5, 0.6) is 0 Å². The molecule has 0 atom stereocenters. The highest BCUT2D eigenvalue weighted by Gasteiger charge is 2.15. The molecule has 0 unspecified atom stereocenters. The van der Waals surface area contributed by atoms with Crippen molar-refractivity contribution in [3.8, 4) is 0 Å². The number of anilines is 1. The van der Waals surface area contributed by atoms with Gasteiger partial charge in [-0.3, -0.25) is 14.8 Å². The fourth-order valence-corrected chi connectivity index (χ4v) is 1.43. The summed E-state index contributed by atoms with van der Waals surface area (Å²) in [5, 5.41) is 0.190. The van der Waals surface area contributed by atoms with E-state index in [0.717, 1.165) is 0 Å². The Kier molecular flexibility index (Phi) is 3.30. The van der Waals surface area contributed by atoms with Crippen molar-refractivity contribution in [2.24, 2.45) is 0 Å². The molecule has 6 heteroatoms. The summed E-state index contributed by atoms with van der Waals surface area (Å²) < 4.78 is 0. The molecule has 0 saturated carbocycles. The lowest BCUT2D eigenvalue weighted by atomic mass is 10.3. The lowest BCUT2D eigenvalue weighted by molar-refractivity contribution is 0.0988. The lowest BCUT2D eigenvalue weighted by Crippen LogP contribution is -2.27. The molecule has 1 amide bonds. The molecule has 2 rings (SSSR count). The minimum atomic E-state index is -0.284. The van der Waals surface area contributed by atoms with Gasteiger partial charge in [-0.25, -0.2) is 4.98 Å². The molecular weight excluding hydrogens is 240 g/mol. The smallest absolute Gasteiger partial charge is 0.278 e. The zero-order valence-electron chi connectivity index (χ0n) is 9.04. The number of carbonyl (C=O) groups excluding carboxylic acids is 1. The van der Waals surface area contributed by atoms with Crippen molar-refractivity contribution >= 4 is 23.2 Å². The van der Waals surface area contributed by atoms with Gasteiger partial charge >= 0.3 is 0 Å². The number of pyridine rings is 1. The van der Waals surface area contributed by atoms with Crippen LogP contribution in [0, 0.1) is 0 Å². The SMILES string of the molecule is CN(C(=O)c1cncc(Cl)n1)c1cccnc1. The van der Waals surface area contributed by atoms with Gasteiger partial charge in [0.05, 0.1) is 24.3 Å². The van der Waals surface area contributed by atoms with Gasteiger partial charge in [-0.2, -0.15) is 0 Å². The fraction of sp³-hybridized carbons (Fsp3) is 0.0909. The third-order valence-electron chi connectivity index (χ3n) is 2.16. The Balaban J connectivity index is 2.27. The van der Waals surface area contributed by atoms with Crippen molar-refractivity contribution < 1.29 is 4.79 Å². The molecule has 0 aromatic carbocycles. The average Bonchev–Trinajstić information content (AvgIpc) is 2.38. The van der Waals surface area contributed by atoms with Crippen LogP contribution in [0.2, 0.25) is 5.15 Å². The summed E-state index contributed by atoms with van der Waals surface area (Å²) >= 11 is 5.68. The number of nitrogens with zero attached hydrogens (tertiary/aromatic N) is 4. The summed E-state index contributed by atoms with van der Waals surface area (Å²) in [4.78, 5) is 25.2. The average molecular weight is 249 g/mol. The number of hydrogen-bond donors (Lipinski definition) is 0. The highest BCUT2D eigenvalue weighted by molar-refractivity contribution is 6.29. The summed E-state index contributed by atoms with van der Waals surface area (Å²) in [6, 6.07) is 3.53. The maximum atomic E-state index is 12.0. The number of rotatable bonds is 2. The molecule has 0 spiro atoms. The van der Waals surface area contributed by atoms with E-state index in [-0.39, 0.29) is 16.8 Å². The molecule has 0 fully saturated rings. The topological polar surface area (TPSA) is 59.0 Å². The number of amides is 1. The van der Waals surface area contributed by atoms with Crippen molar-refractivity contribution in [3.63, 3.8) is 0 Å². The van der Waals surface area contributed by atoms with Crippen LogP contribution in [0.15, 0.2) is 36.9 Å². The van der Waals surface area contributed by atoms with Crippen molar-refractivity contribution in [2.75, 3.05) is 11.9 Å². The molecule has 0 radical (unpaired) electrons. The molecule has 0 aliphatic heterocycles. The van der Waals surface area contributed by atoms with Gasteiger partial charge in [0.2, 0.25) is 0 Å². The number of aromatic nitrogens is 3. The molecule has 0 bridgehead atoms. The maximum Gasteiger partial charge on any atom is 0.278 e. The third-order valence-corrected chi connectivity index (χ3v) is 2.34. The van der Waals surface area contributed by atoms with Gasteiger partial charge in [-0.05, 0) is 12.1 Å². The van der Waals surface area contributed by atoms with E-state index in [1.54, 1.807) is 31.6 Å². The minimum Gasteiger partial charge on any atom is -0.309 e. The van der Waals surface area contributed by atoms with E-state index >= 15 is 0 Å². The normalized spacial score (nSPS) is 10.0. The van der Waals surface area contributed by atoms with Gasteiger partial charge in [0.15, 0.2) is 0 Å². The van der Waals surface area contributed by atoms with E-state index in [2.05, 4.69) is 15.0 Å². The first kappa shape index (κ1) is 11.5. The van der Waals surface area contributed by atoms with E-state index in [1.807, 2.05) is 0 Å². The Bertz CT molecular complexity index is 532. The summed E-state index contributed by atoms with van der Waals surface area (Å²) in [6.07, 6.45) is 5.99. The van der Waals surface area contributed by atoms with Crippen LogP contribution in [0.1, 0.15) is 10.5 Å². The highest BCUT2D eigenvalue weighted by atomic mass is 35.5. The standard InChI is InChI=1S/C11H9ClN4O/c1-16(8-3-2-4-13-5-8)11(17)9-6-14-7-10(12)15-9/h2-7H,1H3. The second kappa shape index (κ2) is 4.88. The molecule has 2 aromatic rings. The van der Waals surface area contributed by atoms with Gasteiger partial charge in [-0.1, -0.05) is 11.6 Å². The van der Waals surface area contributed by atoms with Crippen LogP contribution in [0.3, 0.4) is 0 Å². The Morgan fingerprint density at radius 3 is 2.76 bits per heavy atom. The van der Waals surface area contributed by atoms with Crippen molar-refractivity contribution in [1.29, 1.82) is 0 Å². The predicted octanol–water partition coefficient (Wildman–Crippen LogP) is 1.80. The summed E-state index contributed by atoms with van der Waals surface area (Å²) in [7, 11) is 1.64. The van der Waals surface area contributed by atoms with Gasteiger partial charge in [0.25, 0.3) is 5.91 Å². The molecule has 0 aliphatic carbocycles. The molecule has 86 valence electrons. The zero-order valence-corrected chi connectivity index (χ0v) is 9.80. The van der Waals surface area contributed by atoms with Gasteiger partial charge in [0, 0.05) is 13.2 Å². The van der Waals surface area contributed by atoms with Gasteiger partial charge < -0.3 is 4.90 Å². The minimum absolute atomic E-state index is 0.190. The van der Waals surface area contributed by atoms with E-state index < -0.39 is 0 Å². The third kappa shape index (κ3) is 2.57. The van der Waals surface area contributed by atoms with E-state index in [0.29, 0.717) is 5.69 Å².